The van der Waals surface area contributed by atoms with E-state index < -0.39 is 11.7 Å². The lowest BCUT2D eigenvalue weighted by Crippen LogP contribution is -2.53. The van der Waals surface area contributed by atoms with Crippen molar-refractivity contribution >= 4 is 29.2 Å². The van der Waals surface area contributed by atoms with Gasteiger partial charge in [0.05, 0.1) is 19.3 Å². The highest BCUT2D eigenvalue weighted by molar-refractivity contribution is 6.30. The monoisotopic (exact) mass is 470 g/mol. The number of carbonyl (C=O) groups excluding carboxylic acids is 2. The lowest BCUT2D eigenvalue weighted by atomic mass is 9.85. The van der Waals surface area contributed by atoms with E-state index in [9.17, 15) is 9.59 Å². The van der Waals surface area contributed by atoms with Crippen molar-refractivity contribution in [2.75, 3.05) is 26.8 Å². The smallest absolute Gasteiger partial charge is 0.434 e. The highest BCUT2D eigenvalue weighted by atomic mass is 35.5. The minimum Gasteiger partial charge on any atom is -0.434 e. The van der Waals surface area contributed by atoms with Gasteiger partial charge in [0.2, 0.25) is 0 Å². The molecule has 1 spiro atoms. The lowest BCUT2D eigenvalue weighted by molar-refractivity contribution is -0.152. The van der Waals surface area contributed by atoms with Gasteiger partial charge in [0.1, 0.15) is 5.54 Å². The van der Waals surface area contributed by atoms with Gasteiger partial charge in [-0.05, 0) is 67.1 Å². The molecule has 2 heterocycles. The summed E-state index contributed by atoms with van der Waals surface area (Å²) in [6.07, 6.45) is 0.267. The summed E-state index contributed by atoms with van der Waals surface area (Å²) in [4.78, 5) is 31.0. The second-order valence-corrected chi connectivity index (χ2v) is 8.61. The van der Waals surface area contributed by atoms with Gasteiger partial charge >= 0.3 is 6.16 Å². The molecule has 1 fully saturated rings. The molecule has 1 amide bonds. The Kier molecular flexibility index (Phi) is 6.74. The van der Waals surface area contributed by atoms with Crippen LogP contribution in [0.25, 0.3) is 16.7 Å². The molecule has 2 aromatic carbocycles. The molecule has 7 nitrogen and oxygen atoms in total. The molecule has 1 saturated heterocycles. The van der Waals surface area contributed by atoms with Crippen molar-refractivity contribution in [1.29, 1.82) is 0 Å². The van der Waals surface area contributed by atoms with Gasteiger partial charge in [-0.3, -0.25) is 4.79 Å². The fraction of sp³-hybridized carbons (Fsp3) is 0.360. The topological polar surface area (TPSA) is 77.1 Å². The van der Waals surface area contributed by atoms with Crippen LogP contribution in [0.2, 0.25) is 5.02 Å². The molecule has 0 saturated carbocycles. The number of nitrogens with one attached hydrogen (secondary N) is 1. The number of halogens is 1. The van der Waals surface area contributed by atoms with Gasteiger partial charge in [-0.2, -0.15) is 5.06 Å². The first-order valence-corrected chi connectivity index (χ1v) is 11.3. The quantitative estimate of drug-likeness (QED) is 0.637. The third kappa shape index (κ3) is 4.62. The van der Waals surface area contributed by atoms with Crippen molar-refractivity contribution in [1.82, 2.24) is 10.4 Å². The molecular weight excluding hydrogens is 444 g/mol. The van der Waals surface area contributed by atoms with Crippen LogP contribution >= 0.6 is 11.6 Å². The molecule has 0 aromatic heterocycles. The van der Waals surface area contributed by atoms with Gasteiger partial charge in [0, 0.05) is 18.1 Å². The number of amides is 1. The summed E-state index contributed by atoms with van der Waals surface area (Å²) in [6, 6.07) is 13.4. The van der Waals surface area contributed by atoms with E-state index in [1.807, 2.05) is 54.5 Å². The van der Waals surface area contributed by atoms with Crippen molar-refractivity contribution in [3.63, 3.8) is 0 Å². The summed E-state index contributed by atoms with van der Waals surface area (Å²) in [6.45, 7) is 4.99. The van der Waals surface area contributed by atoms with Crippen molar-refractivity contribution in [2.24, 2.45) is 0 Å². The fourth-order valence-corrected chi connectivity index (χ4v) is 4.54. The standard InChI is InChI=1S/C25H27ClN2O5/c1-4-32-24(30)33-22-21(23(29)27-25(22)11-13-28(31-3)14-12-25)20-15-18(6-5-16(20)2)17-7-9-19(26)10-8-17/h5-10,15H,4,11-14H2,1-3H3,(H,27,29). The highest BCUT2D eigenvalue weighted by Gasteiger charge is 2.50. The van der Waals surface area contributed by atoms with E-state index in [0.29, 0.717) is 47.8 Å². The van der Waals surface area contributed by atoms with Crippen LogP contribution in [-0.2, 0) is 19.1 Å². The lowest BCUT2D eigenvalue weighted by Gasteiger charge is -2.38. The zero-order valence-corrected chi connectivity index (χ0v) is 19.7. The summed E-state index contributed by atoms with van der Waals surface area (Å²) in [7, 11) is 1.62. The van der Waals surface area contributed by atoms with Crippen molar-refractivity contribution in [2.45, 2.75) is 32.2 Å². The maximum atomic E-state index is 13.3. The Bertz CT molecular complexity index is 1090. The zero-order chi connectivity index (χ0) is 23.6. The minimum absolute atomic E-state index is 0.179. The number of piperidine rings is 1. The normalized spacial score (nSPS) is 17.9. The Morgan fingerprint density at radius 1 is 1.12 bits per heavy atom. The molecule has 0 unspecified atom stereocenters. The molecule has 174 valence electrons. The molecule has 8 heteroatoms. The summed E-state index contributed by atoms with van der Waals surface area (Å²) in [5, 5.41) is 5.58. The van der Waals surface area contributed by atoms with E-state index >= 15 is 0 Å². The second-order valence-electron chi connectivity index (χ2n) is 8.17. The van der Waals surface area contributed by atoms with Crippen LogP contribution in [0.5, 0.6) is 0 Å². The van der Waals surface area contributed by atoms with Gasteiger partial charge in [0.15, 0.2) is 5.76 Å². The summed E-state index contributed by atoms with van der Waals surface area (Å²) < 4.78 is 10.8. The van der Waals surface area contributed by atoms with Crippen molar-refractivity contribution in [3.05, 3.63) is 64.4 Å². The minimum atomic E-state index is -0.818. The average Bonchev–Trinajstić information content (AvgIpc) is 3.06. The van der Waals surface area contributed by atoms with Crippen LogP contribution in [0.3, 0.4) is 0 Å². The van der Waals surface area contributed by atoms with E-state index in [1.54, 1.807) is 14.0 Å². The number of hydrogen-bond donors (Lipinski definition) is 1. The van der Waals surface area contributed by atoms with Gasteiger partial charge in [-0.1, -0.05) is 35.9 Å². The van der Waals surface area contributed by atoms with Crippen LogP contribution in [0.4, 0.5) is 4.79 Å². The molecule has 33 heavy (non-hydrogen) atoms. The fourth-order valence-electron chi connectivity index (χ4n) is 4.42. The molecule has 0 atom stereocenters. The van der Waals surface area contributed by atoms with E-state index in [1.165, 1.54) is 0 Å². The van der Waals surface area contributed by atoms with E-state index in [4.69, 9.17) is 25.9 Å². The third-order valence-corrected chi connectivity index (χ3v) is 6.46. The first kappa shape index (κ1) is 23.3. The maximum Gasteiger partial charge on any atom is 0.513 e. The first-order valence-electron chi connectivity index (χ1n) is 10.9. The predicted octanol–water partition coefficient (Wildman–Crippen LogP) is 4.73. The molecule has 1 N–H and O–H groups in total. The number of carbonyl (C=O) groups is 2. The van der Waals surface area contributed by atoms with E-state index in [-0.39, 0.29) is 12.5 Å². The second kappa shape index (κ2) is 9.55. The summed E-state index contributed by atoms with van der Waals surface area (Å²) >= 11 is 6.04. The zero-order valence-electron chi connectivity index (χ0n) is 18.9. The van der Waals surface area contributed by atoms with Gasteiger partial charge < -0.3 is 19.6 Å². The Morgan fingerprint density at radius 3 is 2.42 bits per heavy atom. The Balaban J connectivity index is 1.82. The molecule has 0 radical (unpaired) electrons. The number of hydroxylamine groups is 2. The van der Waals surface area contributed by atoms with Gasteiger partial charge in [-0.25, -0.2) is 4.79 Å². The maximum absolute atomic E-state index is 13.3. The molecule has 4 rings (SSSR count). The van der Waals surface area contributed by atoms with Crippen LogP contribution < -0.4 is 5.32 Å². The average molecular weight is 471 g/mol. The highest BCUT2D eigenvalue weighted by Crippen LogP contribution is 2.42. The Morgan fingerprint density at radius 2 is 1.79 bits per heavy atom. The van der Waals surface area contributed by atoms with E-state index in [2.05, 4.69) is 5.32 Å². The summed E-state index contributed by atoms with van der Waals surface area (Å²) in [5.41, 5.74) is 3.08. The Labute approximate surface area is 198 Å². The van der Waals surface area contributed by atoms with Gasteiger partial charge in [-0.15, -0.1) is 0 Å². The molecule has 2 aliphatic heterocycles. The van der Waals surface area contributed by atoms with Crippen LogP contribution in [0.1, 0.15) is 30.9 Å². The molecule has 0 aliphatic carbocycles. The number of hydrogen-bond acceptors (Lipinski definition) is 6. The molecule has 0 bridgehead atoms. The molecular formula is C25H27ClN2O5. The number of aryl methyl sites for hydroxylation is 1. The SMILES string of the molecule is CCOC(=O)OC1=C(c2cc(-c3ccc(Cl)cc3)ccc2C)C(=O)NC12CCN(OC)CC2. The summed E-state index contributed by atoms with van der Waals surface area (Å²) in [5.74, 6) is 0.0505. The van der Waals surface area contributed by atoms with Crippen LogP contribution in [0.15, 0.2) is 48.2 Å². The number of rotatable bonds is 5. The van der Waals surface area contributed by atoms with Gasteiger partial charge in [0.25, 0.3) is 5.91 Å². The van der Waals surface area contributed by atoms with E-state index in [0.717, 1.165) is 16.7 Å². The number of nitrogens with zero attached hydrogens (tertiary/aromatic N) is 1. The largest absolute Gasteiger partial charge is 0.513 e. The van der Waals surface area contributed by atoms with Crippen molar-refractivity contribution < 1.29 is 23.9 Å². The molecule has 2 aromatic rings. The number of ether oxygens (including phenoxy) is 2. The van der Waals surface area contributed by atoms with Crippen molar-refractivity contribution in [3.8, 4) is 11.1 Å². The first-order chi connectivity index (χ1) is 15.9. The van der Waals surface area contributed by atoms with Crippen LogP contribution in [0, 0.1) is 6.92 Å². The number of benzene rings is 2. The Hall–Kier alpha value is -2.87. The van der Waals surface area contributed by atoms with Crippen LogP contribution in [-0.4, -0.2) is 49.5 Å². The molecule has 2 aliphatic rings. The third-order valence-electron chi connectivity index (χ3n) is 6.21. The predicted molar refractivity (Wildman–Crippen MR) is 125 cm³/mol.